The summed E-state index contributed by atoms with van der Waals surface area (Å²) in [5.41, 5.74) is 0. The van der Waals surface area contributed by atoms with Crippen molar-refractivity contribution in [2.75, 3.05) is 13.2 Å². The third-order valence-corrected chi connectivity index (χ3v) is 14.7. The average molecular weight is 1180 g/mol. The molecule has 86 heavy (non-hydrogen) atoms. The molecular formula is C81H130O5. The lowest BCUT2D eigenvalue weighted by molar-refractivity contribution is -0.161. The molecule has 0 aromatic carbocycles. The highest BCUT2D eigenvalue weighted by molar-refractivity contribution is 5.70. The molecule has 1 unspecified atom stereocenters. The van der Waals surface area contributed by atoms with Crippen molar-refractivity contribution in [3.05, 3.63) is 182 Å². The summed E-state index contributed by atoms with van der Waals surface area (Å²) in [6.45, 7) is 3.92. The molecule has 0 fully saturated rings. The average Bonchev–Trinajstić information content (AvgIpc) is 3.54. The van der Waals surface area contributed by atoms with Gasteiger partial charge in [0.15, 0.2) is 6.10 Å². The van der Waals surface area contributed by atoms with Crippen molar-refractivity contribution in [1.29, 1.82) is 0 Å². The Morgan fingerprint density at radius 2 is 0.465 bits per heavy atom. The van der Waals surface area contributed by atoms with Gasteiger partial charge in [0.05, 0.1) is 6.61 Å². The van der Waals surface area contributed by atoms with Crippen molar-refractivity contribution in [3.8, 4) is 0 Å². The van der Waals surface area contributed by atoms with Crippen LogP contribution in [0.2, 0.25) is 0 Å². The van der Waals surface area contributed by atoms with E-state index in [1.807, 2.05) is 0 Å². The first-order valence-electron chi connectivity index (χ1n) is 35.3. The number of aliphatic hydroxyl groups is 1. The number of hydrogen-bond acceptors (Lipinski definition) is 5. The highest BCUT2D eigenvalue weighted by Crippen LogP contribution is 2.16. The Labute approximate surface area is 531 Å². The molecule has 0 aromatic rings. The Morgan fingerprint density at radius 3 is 0.698 bits per heavy atom. The van der Waals surface area contributed by atoms with Gasteiger partial charge in [-0.05, 0) is 135 Å². The molecule has 484 valence electrons. The van der Waals surface area contributed by atoms with Crippen LogP contribution in [0.3, 0.4) is 0 Å². The van der Waals surface area contributed by atoms with Gasteiger partial charge in [-0.2, -0.15) is 0 Å². The first-order chi connectivity index (χ1) is 42.6. The highest BCUT2D eigenvalue weighted by atomic mass is 16.6. The van der Waals surface area contributed by atoms with Gasteiger partial charge in [0.1, 0.15) is 6.61 Å². The van der Waals surface area contributed by atoms with Crippen LogP contribution in [0.1, 0.15) is 296 Å². The number of hydrogen-bond donors (Lipinski definition) is 1. The Morgan fingerprint density at radius 1 is 0.267 bits per heavy atom. The molecule has 1 N–H and O–H groups in total. The van der Waals surface area contributed by atoms with Gasteiger partial charge < -0.3 is 14.6 Å². The Balaban J connectivity index is 3.57. The van der Waals surface area contributed by atoms with E-state index in [0.29, 0.717) is 12.8 Å². The minimum Gasteiger partial charge on any atom is -0.462 e. The zero-order chi connectivity index (χ0) is 61.9. The fraction of sp³-hybridized carbons (Fsp3) is 0.605. The van der Waals surface area contributed by atoms with Gasteiger partial charge in [0.25, 0.3) is 0 Å². The molecule has 5 nitrogen and oxygen atoms in total. The number of carbonyl (C=O) groups excluding carboxylic acids is 2. The minimum atomic E-state index is -0.791. The molecule has 0 aliphatic rings. The lowest BCUT2D eigenvalue weighted by Crippen LogP contribution is -2.28. The van der Waals surface area contributed by atoms with Crippen LogP contribution in [0.15, 0.2) is 182 Å². The summed E-state index contributed by atoms with van der Waals surface area (Å²) < 4.78 is 10.7. The van der Waals surface area contributed by atoms with E-state index in [-0.39, 0.29) is 25.2 Å². The summed E-state index contributed by atoms with van der Waals surface area (Å²) in [6.07, 6.45) is 116. The number of esters is 2. The molecule has 0 amide bonds. The number of ether oxygens (including phenoxy) is 2. The number of carbonyl (C=O) groups is 2. The van der Waals surface area contributed by atoms with E-state index in [0.717, 1.165) is 141 Å². The molecule has 0 spiro atoms. The molecular weight excluding hydrogens is 1050 g/mol. The van der Waals surface area contributed by atoms with E-state index in [1.54, 1.807) is 0 Å². The van der Waals surface area contributed by atoms with Crippen LogP contribution < -0.4 is 0 Å². The molecule has 0 rings (SSSR count). The van der Waals surface area contributed by atoms with E-state index >= 15 is 0 Å². The van der Waals surface area contributed by atoms with Crippen molar-refractivity contribution in [1.82, 2.24) is 0 Å². The molecule has 1 atom stereocenters. The van der Waals surface area contributed by atoms with Gasteiger partial charge in [-0.1, -0.05) is 331 Å². The topological polar surface area (TPSA) is 72.8 Å². The normalized spacial score (nSPS) is 13.4. The molecule has 0 radical (unpaired) electrons. The molecule has 0 aliphatic carbocycles. The first kappa shape index (κ1) is 81.0. The van der Waals surface area contributed by atoms with Crippen molar-refractivity contribution in [2.24, 2.45) is 0 Å². The van der Waals surface area contributed by atoms with Crippen LogP contribution in [-0.4, -0.2) is 36.4 Å². The SMILES string of the molecule is CC/C=C\C/C=C\C/C=C\C/C=C\C/C=C\C/C=C\C/C=C\C/C=C\C/C=C\C/C=C\C/C=C\CCCCCCCCCC(=O)OC(CO)COC(=O)CCCCCCCCCCCCCCCCCCCC/C=C\C/C=C\C/C=C\C/C=C\CC. The molecule has 0 heterocycles. The standard InChI is InChI=1S/C81H130O5/c1-3-5-7-9-11-13-15-17-19-21-23-25-27-29-31-33-35-36-37-38-39-40-41-42-43-44-46-48-50-52-54-56-58-60-62-64-66-68-70-72-74-76-81(84)86-79(77-82)78-85-80(83)75-73-71-69-67-65-63-61-59-57-55-53-51-49-47-45-34-32-30-28-26-24-22-20-18-16-14-12-10-8-6-4-2/h5-8,11-14,17-20,23-26,29,31,35-36,38-39,41-42,44,46,50,52,56,58,79,82H,3-4,9-10,15-16,21-22,27-28,30,32-34,37,40,43,45,47-49,51,53-55,57,59-78H2,1-2H3/b7-5-,8-6-,13-11-,14-12-,19-17-,20-18-,25-23-,26-24-,31-29-,36-35-,39-38-,42-41-,46-44-,52-50-,58-56-. The maximum atomic E-state index is 12.4. The predicted octanol–water partition coefficient (Wildman–Crippen LogP) is 25.0. The number of unbranched alkanes of at least 4 members (excludes halogenated alkanes) is 25. The summed E-state index contributed by atoms with van der Waals surface area (Å²) >= 11 is 0. The summed E-state index contributed by atoms with van der Waals surface area (Å²) in [4.78, 5) is 24.7. The third-order valence-electron chi connectivity index (χ3n) is 14.7. The molecule has 0 saturated heterocycles. The fourth-order valence-corrected chi connectivity index (χ4v) is 9.49. The number of rotatable bonds is 63. The predicted molar refractivity (Wildman–Crippen MR) is 380 cm³/mol. The smallest absolute Gasteiger partial charge is 0.306 e. The monoisotopic (exact) mass is 1180 g/mol. The second-order valence-corrected chi connectivity index (χ2v) is 22.8. The quantitative estimate of drug-likeness (QED) is 0.0373. The Hall–Kier alpha value is -5.00. The molecule has 0 aliphatic heterocycles. The molecule has 0 saturated carbocycles. The maximum absolute atomic E-state index is 12.4. The van der Waals surface area contributed by atoms with Crippen LogP contribution in [0.5, 0.6) is 0 Å². The minimum absolute atomic E-state index is 0.0784. The summed E-state index contributed by atoms with van der Waals surface area (Å²) in [7, 11) is 0. The van der Waals surface area contributed by atoms with E-state index < -0.39 is 6.10 Å². The highest BCUT2D eigenvalue weighted by Gasteiger charge is 2.16. The van der Waals surface area contributed by atoms with Gasteiger partial charge in [0, 0.05) is 12.8 Å². The van der Waals surface area contributed by atoms with E-state index in [4.69, 9.17) is 9.47 Å². The lowest BCUT2D eigenvalue weighted by Gasteiger charge is -2.15. The van der Waals surface area contributed by atoms with E-state index in [2.05, 4.69) is 196 Å². The van der Waals surface area contributed by atoms with E-state index in [1.165, 1.54) is 128 Å². The summed E-state index contributed by atoms with van der Waals surface area (Å²) in [5.74, 6) is -0.606. The zero-order valence-corrected chi connectivity index (χ0v) is 55.5. The van der Waals surface area contributed by atoms with Crippen LogP contribution in [0, 0.1) is 0 Å². The second-order valence-electron chi connectivity index (χ2n) is 22.8. The van der Waals surface area contributed by atoms with Crippen LogP contribution in [0.4, 0.5) is 0 Å². The Bertz CT molecular complexity index is 1920. The van der Waals surface area contributed by atoms with Crippen molar-refractivity contribution < 1.29 is 24.2 Å². The van der Waals surface area contributed by atoms with Crippen molar-refractivity contribution in [3.63, 3.8) is 0 Å². The molecule has 0 aromatic heterocycles. The number of allylic oxidation sites excluding steroid dienone is 30. The van der Waals surface area contributed by atoms with Gasteiger partial charge in [-0.15, -0.1) is 0 Å². The van der Waals surface area contributed by atoms with Crippen LogP contribution >= 0.6 is 0 Å². The maximum Gasteiger partial charge on any atom is 0.306 e. The molecule has 0 bridgehead atoms. The van der Waals surface area contributed by atoms with E-state index in [9.17, 15) is 14.7 Å². The van der Waals surface area contributed by atoms with Crippen molar-refractivity contribution >= 4 is 11.9 Å². The first-order valence-corrected chi connectivity index (χ1v) is 35.3. The van der Waals surface area contributed by atoms with Gasteiger partial charge >= 0.3 is 11.9 Å². The van der Waals surface area contributed by atoms with Gasteiger partial charge in [-0.25, -0.2) is 0 Å². The van der Waals surface area contributed by atoms with Crippen LogP contribution in [0.25, 0.3) is 0 Å². The van der Waals surface area contributed by atoms with Gasteiger partial charge in [0.2, 0.25) is 0 Å². The van der Waals surface area contributed by atoms with Crippen molar-refractivity contribution in [2.45, 2.75) is 302 Å². The van der Waals surface area contributed by atoms with Gasteiger partial charge in [-0.3, -0.25) is 9.59 Å². The summed E-state index contributed by atoms with van der Waals surface area (Å²) in [6, 6.07) is 0. The Kier molecular flexibility index (Phi) is 69.9. The van der Waals surface area contributed by atoms with Crippen LogP contribution in [-0.2, 0) is 19.1 Å². The number of aliphatic hydroxyl groups excluding tert-OH is 1. The largest absolute Gasteiger partial charge is 0.462 e. The third kappa shape index (κ3) is 71.5. The lowest BCUT2D eigenvalue weighted by atomic mass is 10.0. The molecule has 5 heteroatoms. The zero-order valence-electron chi connectivity index (χ0n) is 55.5. The summed E-state index contributed by atoms with van der Waals surface area (Å²) in [5, 5.41) is 9.71. The second kappa shape index (κ2) is 74.3. The fourth-order valence-electron chi connectivity index (χ4n) is 9.49.